The van der Waals surface area contributed by atoms with E-state index in [-0.39, 0.29) is 5.92 Å². The number of alkyl halides is 6. The van der Waals surface area contributed by atoms with Crippen LogP contribution < -0.4 is 10.9 Å². The minimum Gasteiger partial charge on any atom is -0.279 e. The number of nitrogens with zero attached hydrogens (tertiary/aromatic N) is 2. The van der Waals surface area contributed by atoms with E-state index in [1.165, 1.54) is 24.3 Å². The quantitative estimate of drug-likeness (QED) is 0.184. The maximum Gasteiger partial charge on any atom is 0.416 e. The molecular weight excluding hydrogens is 506 g/mol. The summed E-state index contributed by atoms with van der Waals surface area (Å²) in [5.74, 6) is 0.131. The smallest absolute Gasteiger partial charge is 0.279 e. The van der Waals surface area contributed by atoms with Crippen LogP contribution in [0, 0.1) is 0 Å². The SMILES string of the molecule is FC(F)(F)c1ccc(N/N=C/C2=CCC(c3cccc(/C=N/Nc4ccc(C(F)(F)F)cc4)c3)C=C2)cc1. The van der Waals surface area contributed by atoms with Gasteiger partial charge in [-0.3, -0.25) is 10.9 Å². The summed E-state index contributed by atoms with van der Waals surface area (Å²) < 4.78 is 76.0. The van der Waals surface area contributed by atoms with Crippen molar-refractivity contribution in [1.82, 2.24) is 0 Å². The molecule has 0 amide bonds. The molecule has 3 aromatic carbocycles. The minimum atomic E-state index is -4.38. The second-order valence-corrected chi connectivity index (χ2v) is 8.47. The lowest BCUT2D eigenvalue weighted by atomic mass is 9.89. The molecular formula is C28H22F6N4. The van der Waals surface area contributed by atoms with Crippen molar-refractivity contribution in [3.05, 3.63) is 119 Å². The summed E-state index contributed by atoms with van der Waals surface area (Å²) in [5.41, 5.74) is 7.63. The normalized spacial score (nSPS) is 16.2. The van der Waals surface area contributed by atoms with E-state index in [4.69, 9.17) is 0 Å². The van der Waals surface area contributed by atoms with Crippen molar-refractivity contribution in [2.24, 2.45) is 10.2 Å². The van der Waals surface area contributed by atoms with Crippen LogP contribution >= 0.6 is 0 Å². The fourth-order valence-electron chi connectivity index (χ4n) is 3.68. The molecule has 10 heteroatoms. The largest absolute Gasteiger partial charge is 0.416 e. The van der Waals surface area contributed by atoms with Gasteiger partial charge < -0.3 is 0 Å². The van der Waals surface area contributed by atoms with Crippen LogP contribution in [0.4, 0.5) is 37.7 Å². The van der Waals surface area contributed by atoms with Gasteiger partial charge in [-0.15, -0.1) is 0 Å². The Morgan fingerprint density at radius 2 is 1.26 bits per heavy atom. The van der Waals surface area contributed by atoms with Crippen molar-refractivity contribution in [3.63, 3.8) is 0 Å². The number of allylic oxidation sites excluding steroid dienone is 4. The van der Waals surface area contributed by atoms with Gasteiger partial charge in [-0.2, -0.15) is 36.5 Å². The molecule has 0 aliphatic heterocycles. The van der Waals surface area contributed by atoms with E-state index in [0.29, 0.717) is 11.4 Å². The average molecular weight is 529 g/mol. The molecule has 3 aromatic rings. The molecule has 2 N–H and O–H groups in total. The Kier molecular flexibility index (Phi) is 7.99. The van der Waals surface area contributed by atoms with Gasteiger partial charge in [0.05, 0.1) is 34.9 Å². The lowest BCUT2D eigenvalue weighted by Crippen LogP contribution is -2.04. The van der Waals surface area contributed by atoms with Crippen LogP contribution in [0.1, 0.15) is 34.6 Å². The zero-order valence-corrected chi connectivity index (χ0v) is 19.8. The molecule has 1 atom stereocenters. The van der Waals surface area contributed by atoms with E-state index >= 15 is 0 Å². The Hall–Kier alpha value is -4.34. The first-order valence-electron chi connectivity index (χ1n) is 11.5. The molecule has 4 rings (SSSR count). The third kappa shape index (κ3) is 7.34. The second kappa shape index (κ2) is 11.4. The summed E-state index contributed by atoms with van der Waals surface area (Å²) in [6, 6.07) is 17.0. The predicted octanol–water partition coefficient (Wildman–Crippen LogP) is 8.24. The van der Waals surface area contributed by atoms with Gasteiger partial charge in [0.25, 0.3) is 0 Å². The van der Waals surface area contributed by atoms with E-state index in [9.17, 15) is 26.3 Å². The van der Waals surface area contributed by atoms with Crippen LogP contribution in [-0.2, 0) is 12.4 Å². The van der Waals surface area contributed by atoms with E-state index in [2.05, 4.69) is 21.1 Å². The predicted molar refractivity (Wildman–Crippen MR) is 137 cm³/mol. The minimum absolute atomic E-state index is 0.131. The van der Waals surface area contributed by atoms with Crippen LogP contribution in [0.2, 0.25) is 0 Å². The topological polar surface area (TPSA) is 48.8 Å². The standard InChI is InChI=1S/C28H22F6N4/c29-27(30,31)23-8-12-25(13-9-23)37-35-17-19-4-6-21(7-5-19)22-3-1-2-20(16-22)18-36-38-26-14-10-24(11-15-26)28(32,33)34/h1-6,8-18,21,37-38H,7H2/b35-17+,36-18+. The molecule has 1 unspecified atom stereocenters. The Balaban J connectivity index is 1.29. The van der Waals surface area contributed by atoms with E-state index in [1.807, 2.05) is 42.5 Å². The van der Waals surface area contributed by atoms with Crippen LogP contribution in [-0.4, -0.2) is 12.4 Å². The van der Waals surface area contributed by atoms with Crippen LogP contribution in [0.25, 0.3) is 0 Å². The number of halogens is 6. The van der Waals surface area contributed by atoms with Crippen molar-refractivity contribution >= 4 is 23.8 Å². The molecule has 1 aliphatic carbocycles. The Bertz CT molecular complexity index is 1350. The van der Waals surface area contributed by atoms with Gasteiger partial charge >= 0.3 is 12.4 Å². The van der Waals surface area contributed by atoms with Gasteiger partial charge in [-0.1, -0.05) is 36.4 Å². The summed E-state index contributed by atoms with van der Waals surface area (Å²) >= 11 is 0. The van der Waals surface area contributed by atoms with Crippen molar-refractivity contribution < 1.29 is 26.3 Å². The number of anilines is 2. The summed E-state index contributed by atoms with van der Waals surface area (Å²) in [6.45, 7) is 0. The monoisotopic (exact) mass is 528 g/mol. The average Bonchev–Trinajstić information content (AvgIpc) is 2.89. The molecule has 4 nitrogen and oxygen atoms in total. The second-order valence-electron chi connectivity index (χ2n) is 8.47. The Morgan fingerprint density at radius 1 is 0.711 bits per heavy atom. The number of benzene rings is 3. The van der Waals surface area contributed by atoms with Gasteiger partial charge in [0.2, 0.25) is 0 Å². The highest BCUT2D eigenvalue weighted by Gasteiger charge is 2.30. The molecule has 0 saturated carbocycles. The maximum atomic E-state index is 12.7. The summed E-state index contributed by atoms with van der Waals surface area (Å²) in [7, 11) is 0. The van der Waals surface area contributed by atoms with Crippen LogP contribution in [0.5, 0.6) is 0 Å². The molecule has 1 aliphatic rings. The number of rotatable bonds is 7. The first-order chi connectivity index (χ1) is 18.1. The van der Waals surface area contributed by atoms with Gasteiger partial charge in [0, 0.05) is 5.92 Å². The van der Waals surface area contributed by atoms with E-state index in [1.54, 1.807) is 12.4 Å². The molecule has 0 aromatic heterocycles. The van der Waals surface area contributed by atoms with E-state index < -0.39 is 23.5 Å². The zero-order valence-electron chi connectivity index (χ0n) is 19.8. The highest BCUT2D eigenvalue weighted by molar-refractivity contribution is 5.83. The van der Waals surface area contributed by atoms with Crippen LogP contribution in [0.15, 0.2) is 107 Å². The zero-order chi connectivity index (χ0) is 27.2. The molecule has 38 heavy (non-hydrogen) atoms. The Labute approximate surface area is 215 Å². The molecule has 0 heterocycles. The van der Waals surface area contributed by atoms with Crippen LogP contribution in [0.3, 0.4) is 0 Å². The third-order valence-corrected chi connectivity index (χ3v) is 5.71. The molecule has 0 fully saturated rings. The fourth-order valence-corrected chi connectivity index (χ4v) is 3.68. The lowest BCUT2D eigenvalue weighted by Gasteiger charge is -2.15. The fraction of sp³-hybridized carbons (Fsp3) is 0.143. The van der Waals surface area contributed by atoms with Crippen molar-refractivity contribution in [2.45, 2.75) is 24.7 Å². The van der Waals surface area contributed by atoms with Crippen molar-refractivity contribution in [1.29, 1.82) is 0 Å². The van der Waals surface area contributed by atoms with Crippen molar-refractivity contribution in [3.8, 4) is 0 Å². The third-order valence-electron chi connectivity index (χ3n) is 5.71. The first kappa shape index (κ1) is 26.7. The van der Waals surface area contributed by atoms with Gasteiger partial charge in [-0.25, -0.2) is 0 Å². The highest BCUT2D eigenvalue weighted by Crippen LogP contribution is 2.31. The summed E-state index contributed by atoms with van der Waals surface area (Å²) in [6.07, 6.45) is 1.11. The van der Waals surface area contributed by atoms with Gasteiger partial charge in [0.1, 0.15) is 0 Å². The van der Waals surface area contributed by atoms with E-state index in [0.717, 1.165) is 47.4 Å². The maximum absolute atomic E-state index is 12.7. The van der Waals surface area contributed by atoms with Gasteiger partial charge in [-0.05, 0) is 77.7 Å². The van der Waals surface area contributed by atoms with Gasteiger partial charge in [0.15, 0.2) is 0 Å². The molecule has 0 saturated heterocycles. The summed E-state index contributed by atoms with van der Waals surface area (Å²) in [5, 5.41) is 8.20. The number of hydrazone groups is 2. The highest BCUT2D eigenvalue weighted by atomic mass is 19.4. The molecule has 0 spiro atoms. The Morgan fingerprint density at radius 3 is 1.76 bits per heavy atom. The number of hydrogen-bond acceptors (Lipinski definition) is 4. The molecule has 0 bridgehead atoms. The van der Waals surface area contributed by atoms with Crippen molar-refractivity contribution in [2.75, 3.05) is 10.9 Å². The molecule has 196 valence electrons. The first-order valence-corrected chi connectivity index (χ1v) is 11.5. The number of hydrogen-bond donors (Lipinski definition) is 2. The number of nitrogens with one attached hydrogen (secondary N) is 2. The molecule has 0 radical (unpaired) electrons. The lowest BCUT2D eigenvalue weighted by molar-refractivity contribution is -0.138. The summed E-state index contributed by atoms with van der Waals surface area (Å²) in [4.78, 5) is 0.